The van der Waals surface area contributed by atoms with E-state index in [9.17, 15) is 43.2 Å². The molecule has 1 saturated heterocycles. The second-order valence-electron chi connectivity index (χ2n) is 25.3. The molecule has 7 N–H and O–H groups in total. The van der Waals surface area contributed by atoms with Crippen molar-refractivity contribution >= 4 is 74.6 Å². The summed E-state index contributed by atoms with van der Waals surface area (Å²) in [5.74, 6) is -0.555. The fourth-order valence-corrected chi connectivity index (χ4v) is 15.2. The van der Waals surface area contributed by atoms with E-state index < -0.39 is 59.4 Å². The molecule has 7 atom stereocenters. The molecule has 536 valence electrons. The molecular weight excluding hydrogens is 1370 g/mol. The topological polar surface area (TPSA) is 337 Å². The van der Waals surface area contributed by atoms with Crippen molar-refractivity contribution in [3.05, 3.63) is 168 Å². The minimum Gasteiger partial charge on any atom is -0.493 e. The number of fused-ring (bicyclic) bond motifs is 6. The molecule has 5 aromatic carbocycles. The lowest BCUT2D eigenvalue weighted by molar-refractivity contribution is -0.916. The molecule has 2 aromatic heterocycles. The van der Waals surface area contributed by atoms with E-state index in [1.807, 2.05) is 65.3 Å². The van der Waals surface area contributed by atoms with Crippen LogP contribution in [0.4, 0.5) is 11.4 Å². The average molecular weight is 1450 g/mol. The summed E-state index contributed by atoms with van der Waals surface area (Å²) in [6.45, 7) is 3.52. The Labute approximate surface area is 591 Å². The summed E-state index contributed by atoms with van der Waals surface area (Å²) in [5.41, 5.74) is 12.6. The lowest BCUT2D eigenvalue weighted by atomic mass is 9.99. The summed E-state index contributed by atoms with van der Waals surface area (Å²) in [5, 5.41) is 48.3. The minimum absolute atomic E-state index is 0.0603. The molecule has 0 aliphatic carbocycles. The zero-order valence-electron chi connectivity index (χ0n) is 56.0. The first kappa shape index (κ1) is 72.2. The number of methoxy groups -OCH3 is 2. The predicted molar refractivity (Wildman–Crippen MR) is 372 cm³/mol. The van der Waals surface area contributed by atoms with Crippen molar-refractivity contribution < 1.29 is 98.7 Å². The molecule has 5 aliphatic heterocycles. The van der Waals surface area contributed by atoms with Crippen LogP contribution < -0.4 is 43.1 Å². The van der Waals surface area contributed by atoms with Gasteiger partial charge < -0.3 is 96.8 Å². The Morgan fingerprint density at radius 2 is 1.18 bits per heavy atom. The number of nitrogens with two attached hydrogens (primary N) is 1. The number of benzene rings is 5. The summed E-state index contributed by atoms with van der Waals surface area (Å²) in [4.78, 5) is 57.6. The highest BCUT2D eigenvalue weighted by atomic mass is 32.3. The van der Waals surface area contributed by atoms with Crippen molar-refractivity contribution in [1.82, 2.24) is 15.1 Å². The lowest BCUT2D eigenvalue weighted by Crippen LogP contribution is -2.60. The van der Waals surface area contributed by atoms with E-state index in [1.165, 1.54) is 48.2 Å². The number of amides is 3. The summed E-state index contributed by atoms with van der Waals surface area (Å²) < 4.78 is 91.4. The first-order valence-corrected chi connectivity index (χ1v) is 35.9. The monoisotopic (exact) mass is 1450 g/mol. The fourth-order valence-electron chi connectivity index (χ4n) is 12.6. The maximum Gasteiger partial charge on any atom is 0.501 e. The van der Waals surface area contributed by atoms with Gasteiger partial charge in [-0.25, -0.2) is 0 Å². The minimum atomic E-state index is -5.04. The number of ether oxygens (including phenoxy) is 9. The van der Waals surface area contributed by atoms with Gasteiger partial charge in [0.25, 0.3) is 17.7 Å². The van der Waals surface area contributed by atoms with Crippen LogP contribution in [-0.4, -0.2) is 204 Å². The van der Waals surface area contributed by atoms with Crippen LogP contribution in [-0.2, 0) is 81.6 Å². The maximum atomic E-state index is 14.2. The Bertz CT molecular complexity index is 4140. The smallest absolute Gasteiger partial charge is 0.493 e. The number of carbonyl (C=O) groups excluding carboxylic acids is 3. The van der Waals surface area contributed by atoms with Crippen LogP contribution in [0, 0.1) is 0 Å². The average Bonchev–Trinajstić information content (AvgIpc) is 1.68. The van der Waals surface area contributed by atoms with Crippen molar-refractivity contribution in [3.63, 3.8) is 0 Å². The molecule has 0 radical (unpaired) electrons. The highest BCUT2D eigenvalue weighted by molar-refractivity contribution is 7.82. The predicted octanol–water partition coefficient (Wildman–Crippen LogP) is 5.95. The molecule has 1 fully saturated rings. The summed E-state index contributed by atoms with van der Waals surface area (Å²) in [6.07, 6.45) is -3.53. The molecule has 0 spiro atoms. The molecule has 27 nitrogen and oxygen atoms in total. The van der Waals surface area contributed by atoms with Gasteiger partial charge in [-0.1, -0.05) is 0 Å². The van der Waals surface area contributed by atoms with Crippen LogP contribution in [0.1, 0.15) is 74.2 Å². The van der Waals surface area contributed by atoms with E-state index in [1.54, 1.807) is 59.1 Å². The quantitative estimate of drug-likeness (QED) is 0.0216. The first-order chi connectivity index (χ1) is 48.8. The van der Waals surface area contributed by atoms with Crippen LogP contribution in [0.2, 0.25) is 0 Å². The number of thiophene rings is 2. The molecule has 30 heteroatoms. The molecule has 5 aliphatic rings. The molecule has 7 heterocycles. The zero-order valence-corrected chi connectivity index (χ0v) is 58.4. The van der Waals surface area contributed by atoms with E-state index in [4.69, 9.17) is 66.7 Å². The van der Waals surface area contributed by atoms with Gasteiger partial charge >= 0.3 is 10.4 Å². The van der Waals surface area contributed by atoms with Crippen LogP contribution in [0.3, 0.4) is 0 Å². The number of nitrogens with zero attached hydrogens (tertiary/aromatic N) is 5. The van der Waals surface area contributed by atoms with Gasteiger partial charge in [-0.05, 0) is 118 Å². The zero-order chi connectivity index (χ0) is 71.0. The Kier molecular flexibility index (Phi) is 23.0. The van der Waals surface area contributed by atoms with Crippen LogP contribution in [0.15, 0.2) is 118 Å². The normalized spacial score (nSPS) is 19.9. The van der Waals surface area contributed by atoms with Crippen molar-refractivity contribution in [2.75, 3.05) is 87.7 Å². The molecule has 1 unspecified atom stereocenters. The van der Waals surface area contributed by atoms with E-state index in [0.29, 0.717) is 115 Å². The fraction of sp³-hybridized carbons (Fsp3) is 0.394. The van der Waals surface area contributed by atoms with Crippen molar-refractivity contribution in [2.24, 2.45) is 15.7 Å². The third-order valence-corrected chi connectivity index (χ3v) is 20.3. The van der Waals surface area contributed by atoms with Crippen molar-refractivity contribution in [1.29, 1.82) is 0 Å². The van der Waals surface area contributed by atoms with Gasteiger partial charge in [0.1, 0.15) is 56.5 Å². The number of carbonyl (C=O) groups is 3. The number of nitrogens with one attached hydrogen (secondary N) is 1. The Morgan fingerprint density at radius 3 is 1.73 bits per heavy atom. The van der Waals surface area contributed by atoms with Gasteiger partial charge in [-0.15, -0.1) is 31.1 Å². The van der Waals surface area contributed by atoms with E-state index in [0.717, 1.165) is 39.4 Å². The Balaban J connectivity index is 0.747. The van der Waals surface area contributed by atoms with Crippen molar-refractivity contribution in [2.45, 2.75) is 95.0 Å². The standard InChI is InChI=1S/C71H79N7O20S3/c1-78(2,37-42-5-8-51(9-6-42)97-101(86,87)98-61-26-46(68(83)73-14-16-91-18-20-92-19-17-90-15-13-72)7-10-56(61)95-71-67(82)66(81)65(80)62(39-79)96-71)38-43-23-44(40-93-59-31-54-52(29-57(59)88-3)69(84)76-35-47-11-21-99-63(47)27-49(76)33-74-54)25-45(24-43)41-94-60-32-55-53(30-58(60)89-4)70(85)77-36-48-12-22-100-64(48)28-50(77)34-75-55/h5-12,21-26,29-34,49-50,62,65-67,71,79-82H,13-20,27-28,35-41,72H2,1-4H3/p+1/t49-,50-,62+,65-,66-,67+,71?/m0/s1. The largest absolute Gasteiger partial charge is 0.501 e. The second-order valence-corrected chi connectivity index (χ2v) is 28.5. The SMILES string of the molecule is COc1cc2c(cc1OCc1cc(COc3cc4c(cc3OC)C(=O)N3Cc5ccsc5C[C@H]3C=N4)cc(C[N+](C)(C)Cc3ccc(OS(=O)(=O)Oc4cc(C(=O)NCCOCCOCCOCCN)ccc4OC4O[C@H](CO)[C@H](O)[C@H](O)[C@H]4O)cc3)c1)N=C[C@@H]1Cc3sccc3CN1C2=O. The third-order valence-electron chi connectivity index (χ3n) is 17.5. The van der Waals surface area contributed by atoms with Gasteiger partial charge in [0.2, 0.25) is 6.29 Å². The number of rotatable bonds is 31. The van der Waals surface area contributed by atoms with Crippen molar-refractivity contribution in [3.8, 4) is 40.2 Å². The molecule has 0 saturated carbocycles. The number of quaternary nitrogens is 1. The maximum absolute atomic E-state index is 14.2. The van der Waals surface area contributed by atoms with Gasteiger partial charge in [0, 0.05) is 90.0 Å². The van der Waals surface area contributed by atoms with Gasteiger partial charge in [-0.2, -0.15) is 0 Å². The number of hydrogen-bond donors (Lipinski definition) is 6. The molecule has 3 amide bonds. The summed E-state index contributed by atoms with van der Waals surface area (Å²) in [7, 11) is 2.09. The van der Waals surface area contributed by atoms with E-state index in [-0.39, 0.29) is 80.5 Å². The highest BCUT2D eigenvalue weighted by Crippen LogP contribution is 2.42. The Hall–Kier alpha value is -8.60. The Morgan fingerprint density at radius 1 is 0.634 bits per heavy atom. The first-order valence-electron chi connectivity index (χ1n) is 32.8. The van der Waals surface area contributed by atoms with Gasteiger partial charge in [0.05, 0.1) is 109 Å². The van der Waals surface area contributed by atoms with E-state index in [2.05, 4.69) is 17.4 Å². The van der Waals surface area contributed by atoms with Gasteiger partial charge in [0.15, 0.2) is 34.5 Å². The molecule has 7 aromatic rings. The number of aliphatic hydroxyl groups excluding tert-OH is 4. The van der Waals surface area contributed by atoms with Crippen LogP contribution in [0.5, 0.6) is 40.2 Å². The number of aliphatic imine (C=N–C) groups is 2. The molecule has 101 heavy (non-hydrogen) atoms. The number of aliphatic hydroxyl groups is 4. The summed E-state index contributed by atoms with van der Waals surface area (Å²) >= 11 is 3.36. The summed E-state index contributed by atoms with van der Waals surface area (Å²) in [6, 6.07) is 26.4. The van der Waals surface area contributed by atoms with Gasteiger partial charge in [-0.3, -0.25) is 24.4 Å². The van der Waals surface area contributed by atoms with Crippen LogP contribution >= 0.6 is 22.7 Å². The van der Waals surface area contributed by atoms with E-state index >= 15 is 0 Å². The molecule has 0 bridgehead atoms. The highest BCUT2D eigenvalue weighted by Gasteiger charge is 2.45. The lowest BCUT2D eigenvalue weighted by Gasteiger charge is -2.39. The molecule has 12 rings (SSSR count). The van der Waals surface area contributed by atoms with Crippen LogP contribution in [0.25, 0.3) is 0 Å². The second kappa shape index (κ2) is 32.2. The number of hydrogen-bond acceptors (Lipinski definition) is 25. The molecular formula is C71H80N7O20S3+. The third kappa shape index (κ3) is 17.3.